The van der Waals surface area contributed by atoms with Crippen molar-refractivity contribution in [1.82, 2.24) is 0 Å². The minimum absolute atomic E-state index is 0.0435. The molecule has 22 rings (SSSR count). The van der Waals surface area contributed by atoms with Crippen LogP contribution in [0.5, 0.6) is 0 Å². The molecule has 614 valence electrons. The van der Waals surface area contributed by atoms with Crippen LogP contribution in [0, 0.1) is 0 Å². The quantitative estimate of drug-likeness (QED) is 0.0935. The summed E-state index contributed by atoms with van der Waals surface area (Å²) in [6.07, 6.45) is -36.7. The third-order valence-corrected chi connectivity index (χ3v) is 21.4. The zero-order chi connectivity index (χ0) is 76.3. The Bertz CT molecular complexity index is 2600. The number of rotatable bonds is 31. The zero-order valence-corrected chi connectivity index (χ0v) is 66.1. The number of alkyl halides is 1. The van der Waals surface area contributed by atoms with Crippen molar-refractivity contribution in [3.8, 4) is 0 Å². The third kappa shape index (κ3) is 19.6. The van der Waals surface area contributed by atoms with Gasteiger partial charge in [-0.05, 0) is 11.1 Å². The van der Waals surface area contributed by atoms with Crippen LogP contribution in [0.4, 0.5) is 0 Å². The number of benzene rings is 1. The van der Waals surface area contributed by atoms with Gasteiger partial charge in [-0.3, -0.25) is 0 Å². The summed E-state index contributed by atoms with van der Waals surface area (Å²) in [6.45, 7) is -0.187. The van der Waals surface area contributed by atoms with Crippen molar-refractivity contribution in [1.29, 1.82) is 0 Å². The fourth-order valence-electron chi connectivity index (χ4n) is 15.8. The van der Waals surface area contributed by atoms with Crippen LogP contribution in [0.25, 0.3) is 0 Å². The lowest BCUT2D eigenvalue weighted by Gasteiger charge is -2.52. The van der Waals surface area contributed by atoms with Crippen LogP contribution in [-0.4, -0.2) is 403 Å². The Kier molecular flexibility index (Phi) is 36.4. The molecule has 0 amide bonds. The van der Waals surface area contributed by atoms with Crippen molar-refractivity contribution in [2.24, 2.45) is 0 Å². The van der Waals surface area contributed by atoms with Crippen molar-refractivity contribution >= 4 is 15.9 Å². The van der Waals surface area contributed by atoms with Gasteiger partial charge in [-0.2, -0.15) is 0 Å². The second-order valence-corrected chi connectivity index (χ2v) is 27.0. The molecule has 36 heteroatoms. The lowest BCUT2D eigenvalue weighted by molar-refractivity contribution is -0.402. The summed E-state index contributed by atoms with van der Waals surface area (Å²) in [5.41, 5.74) is 1.96. The van der Waals surface area contributed by atoms with Gasteiger partial charge in [0.05, 0.1) is 52.9 Å². The molecule has 21 aliphatic heterocycles. The average Bonchev–Trinajstić information content (AvgIpc) is 0.767. The van der Waals surface area contributed by atoms with E-state index in [-0.39, 0.29) is 52.9 Å². The molecule has 21 fully saturated rings. The lowest BCUT2D eigenvalue weighted by atomic mass is 9.94. The van der Waals surface area contributed by atoms with E-state index < -0.39 is 215 Å². The highest BCUT2D eigenvalue weighted by Crippen LogP contribution is 2.43. The van der Waals surface area contributed by atoms with Gasteiger partial charge < -0.3 is 166 Å². The smallest absolute Gasteiger partial charge is 0.187 e. The van der Waals surface area contributed by atoms with Crippen LogP contribution in [-0.2, 0) is 178 Å². The molecule has 1 aromatic rings. The molecule has 106 heavy (non-hydrogen) atoms. The van der Waals surface area contributed by atoms with E-state index in [4.69, 9.17) is 166 Å². The molecular weight excluding hydrogens is 1480 g/mol. The predicted molar refractivity (Wildman–Crippen MR) is 366 cm³/mol. The Morgan fingerprint density at radius 1 is 0.226 bits per heavy atom. The number of hydrogen-bond acceptors (Lipinski definition) is 35. The summed E-state index contributed by atoms with van der Waals surface area (Å²) >= 11 is 3.64. The Morgan fingerprint density at radius 2 is 0.396 bits per heavy atom. The van der Waals surface area contributed by atoms with Crippen LogP contribution in [0.15, 0.2) is 24.3 Å². The highest BCUT2D eigenvalue weighted by molar-refractivity contribution is 9.08. The maximum atomic E-state index is 7.22. The van der Waals surface area contributed by atoms with Crippen LogP contribution >= 0.6 is 15.9 Å². The molecule has 35 nitrogen and oxygen atoms in total. The Hall–Kier alpha value is -1.70. The van der Waals surface area contributed by atoms with E-state index in [1.807, 2.05) is 24.3 Å². The first-order valence-electron chi connectivity index (χ1n) is 35.4. The summed E-state index contributed by atoms with van der Waals surface area (Å²) in [5, 5.41) is 0.584. The van der Waals surface area contributed by atoms with Crippen molar-refractivity contribution in [3.05, 3.63) is 35.4 Å². The second-order valence-electron chi connectivity index (χ2n) is 26.5. The van der Waals surface area contributed by atoms with E-state index in [9.17, 15) is 0 Å². The number of halogens is 1. The van der Waals surface area contributed by atoms with E-state index in [1.165, 1.54) is 142 Å². The van der Waals surface area contributed by atoms with Crippen molar-refractivity contribution in [2.75, 3.05) is 188 Å². The molecule has 21 saturated heterocycles. The van der Waals surface area contributed by atoms with E-state index in [1.54, 1.807) is 0 Å². The summed E-state index contributed by atoms with van der Waals surface area (Å²) in [7, 11) is 30.3. The molecule has 35 atom stereocenters. The number of hydrogen-bond donors (Lipinski definition) is 0. The Morgan fingerprint density at radius 3 is 0.557 bits per heavy atom. The first-order chi connectivity index (χ1) is 51.7. The molecule has 0 spiro atoms. The molecule has 0 aliphatic carbocycles. The van der Waals surface area contributed by atoms with Crippen molar-refractivity contribution in [2.45, 2.75) is 227 Å². The highest BCUT2D eigenvalue weighted by atomic mass is 79.9. The van der Waals surface area contributed by atoms with E-state index >= 15 is 0 Å². The molecule has 1 aromatic carbocycles. The van der Waals surface area contributed by atoms with E-state index in [0.29, 0.717) is 5.33 Å². The minimum atomic E-state index is -1.27. The Balaban J connectivity index is 1.15. The molecule has 21 aliphatic rings. The second kappa shape index (κ2) is 43.7. The summed E-state index contributed by atoms with van der Waals surface area (Å²) < 4.78 is 229. The topological polar surface area (TPSA) is 323 Å². The van der Waals surface area contributed by atoms with Gasteiger partial charge >= 0.3 is 0 Å². The molecule has 0 aromatic heterocycles. The van der Waals surface area contributed by atoms with Crippen LogP contribution in [0.3, 0.4) is 0 Å². The molecule has 21 heterocycles. The normalized spacial score (nSPS) is 43.5. The van der Waals surface area contributed by atoms with E-state index in [0.717, 1.165) is 11.1 Å². The van der Waals surface area contributed by atoms with Gasteiger partial charge in [-0.25, -0.2) is 0 Å². The first-order valence-corrected chi connectivity index (χ1v) is 36.5. The zero-order valence-electron chi connectivity index (χ0n) is 64.5. The van der Waals surface area contributed by atoms with Crippen molar-refractivity contribution in [3.63, 3.8) is 0 Å². The minimum Gasteiger partial charge on any atom is -0.382 e. The molecule has 0 unspecified atom stereocenters. The molecule has 0 N–H and O–H groups in total. The van der Waals surface area contributed by atoms with Gasteiger partial charge in [0.15, 0.2) is 44.0 Å². The Labute approximate surface area is 630 Å². The molecule has 0 radical (unpaired) electrons. The highest BCUT2D eigenvalue weighted by Gasteiger charge is 2.62. The maximum Gasteiger partial charge on any atom is 0.187 e. The predicted octanol–water partition coefficient (Wildman–Crippen LogP) is 0.971. The van der Waals surface area contributed by atoms with Gasteiger partial charge in [-0.1, -0.05) is 40.2 Å². The fourth-order valence-corrected chi connectivity index (χ4v) is 16.3. The maximum absolute atomic E-state index is 7.22. The van der Waals surface area contributed by atoms with Gasteiger partial charge in [0.2, 0.25) is 0 Å². The molecule has 0 saturated carbocycles. The van der Waals surface area contributed by atoms with Crippen LogP contribution < -0.4 is 0 Å². The van der Waals surface area contributed by atoms with Crippen molar-refractivity contribution < 1.29 is 166 Å². The standard InChI is InChI=1S/C70H117BrO35/c1-72-27-36-43-50(78-7)58(86-15)65(94-36)102-45-38(29-74-3)96-67(60(88-17)52(45)80-9)104-47-40(31-76-5)98-69(62(90-19)54(47)82-11)106-49-42(33-92-26-35-24-22-21-23-34(35)25-71)99-70(63(91-20)56(49)84-13)105-48-41(32-77-6)97-68(61(89-18)55(48)83-12)103-46-39(30-75-4)95-66(59(87-16)53(46)81-10)101-44-37(28-73-2)93-64(100-43)57(85-14)51(44)79-8/h21-24,36-70H,25-33H2,1-20H3/t36-,37-,38-,39-,40-,41-,42-,43-,44-,45-,46-,47-,48-,49-,50+,51+,52+,53+,54+,55+,56+,57-,58-,59-,60-,61-,62-,63-,64-,65-,66-,67-,68-,69-,70-/m1/s1. The summed E-state index contributed by atoms with van der Waals surface area (Å²) in [5.74, 6) is 0. The largest absolute Gasteiger partial charge is 0.382 e. The van der Waals surface area contributed by atoms with Gasteiger partial charge in [0, 0.05) is 148 Å². The fraction of sp³-hybridized carbons (Fsp3) is 0.914. The van der Waals surface area contributed by atoms with Crippen LogP contribution in [0.2, 0.25) is 0 Å². The molecule has 14 bridgehead atoms. The van der Waals surface area contributed by atoms with E-state index in [2.05, 4.69) is 15.9 Å². The third-order valence-electron chi connectivity index (χ3n) is 20.8. The lowest BCUT2D eigenvalue weighted by Crippen LogP contribution is -2.69. The van der Waals surface area contributed by atoms with Crippen LogP contribution in [0.1, 0.15) is 11.1 Å². The summed E-state index contributed by atoms with van der Waals surface area (Å²) in [4.78, 5) is 0. The first kappa shape index (κ1) is 88.3. The summed E-state index contributed by atoms with van der Waals surface area (Å²) in [6, 6.07) is 7.91. The number of ether oxygens (including phenoxy) is 35. The van der Waals surface area contributed by atoms with Gasteiger partial charge in [-0.15, -0.1) is 0 Å². The van der Waals surface area contributed by atoms with Gasteiger partial charge in [0.25, 0.3) is 0 Å². The van der Waals surface area contributed by atoms with Gasteiger partial charge in [0.1, 0.15) is 171 Å². The number of methoxy groups -OCH3 is 20. The monoisotopic (exact) mass is 1600 g/mol. The average molecular weight is 1600 g/mol. The molecular formula is C70H117BrO35. The SMILES string of the molecule is COC[C@H]1O[C@@H]2O[C@H]3[C@H](OC)[C@@H](OC)[C@@H](O[C@H]4[C@H](OC)[C@@H](OC)[C@@H](O[C@H]5[C@H](OC)[C@@H](OC)[C@@H](O[C@H]6[C@H](OC)[C@@H](OC)[C@@H](O[C@H]7[C@H](OC)[C@@H](OC)[C@@H](O[C@H]8[C@H](OC)[C@@H](OC)[C@@H](O[C@H]1[C@H](OC)[C@H]2OC)O[C@@H]8COC)O[C@@H]7COC)O[C@@H]6COC)O[C@@H]5COCc1ccccc1CBr)O[C@@H]4COC)O[C@@H]3COC.